The average Bonchev–Trinajstić information content (AvgIpc) is 2.38. The second kappa shape index (κ2) is 6.42. The van der Waals surface area contributed by atoms with E-state index < -0.39 is 6.10 Å². The SMILES string of the molecule is Cc1cccc(CN(C)c2ccc(C(C)O)c(Br)c2)c1. The Morgan fingerprint density at radius 3 is 2.55 bits per heavy atom. The normalized spacial score (nSPS) is 12.2. The Bertz CT molecular complexity index is 595. The third-order valence-corrected chi connectivity index (χ3v) is 4.06. The van der Waals surface area contributed by atoms with E-state index in [0.717, 1.165) is 22.3 Å². The molecule has 2 rings (SSSR count). The molecule has 0 saturated heterocycles. The van der Waals surface area contributed by atoms with Gasteiger partial charge in [0.25, 0.3) is 0 Å². The number of aliphatic hydroxyl groups excluding tert-OH is 1. The highest BCUT2D eigenvalue weighted by molar-refractivity contribution is 9.10. The van der Waals surface area contributed by atoms with Gasteiger partial charge in [-0.2, -0.15) is 0 Å². The number of hydrogen-bond acceptors (Lipinski definition) is 2. The van der Waals surface area contributed by atoms with Crippen LogP contribution in [0.1, 0.15) is 29.7 Å². The van der Waals surface area contributed by atoms with Crippen molar-refractivity contribution in [3.63, 3.8) is 0 Å². The molecule has 0 aliphatic heterocycles. The Balaban J connectivity index is 2.17. The molecule has 1 atom stereocenters. The standard InChI is InChI=1S/C17H20BrNO/c1-12-5-4-6-14(9-12)11-19(3)15-7-8-16(13(2)20)17(18)10-15/h4-10,13,20H,11H2,1-3H3. The zero-order valence-corrected chi connectivity index (χ0v) is 13.7. The van der Waals surface area contributed by atoms with E-state index in [0.29, 0.717) is 0 Å². The lowest BCUT2D eigenvalue weighted by Crippen LogP contribution is -2.16. The fourth-order valence-electron chi connectivity index (χ4n) is 2.27. The van der Waals surface area contributed by atoms with Crippen molar-refractivity contribution in [3.05, 3.63) is 63.6 Å². The van der Waals surface area contributed by atoms with Gasteiger partial charge in [-0.3, -0.25) is 0 Å². The minimum Gasteiger partial charge on any atom is -0.389 e. The molecule has 0 amide bonds. The first-order chi connectivity index (χ1) is 9.47. The number of halogens is 1. The fraction of sp³-hybridized carbons (Fsp3) is 0.294. The first-order valence-electron chi connectivity index (χ1n) is 6.71. The second-order valence-corrected chi connectivity index (χ2v) is 6.08. The van der Waals surface area contributed by atoms with Gasteiger partial charge in [0.05, 0.1) is 6.10 Å². The molecule has 1 unspecified atom stereocenters. The summed E-state index contributed by atoms with van der Waals surface area (Å²) >= 11 is 3.53. The number of benzene rings is 2. The van der Waals surface area contributed by atoms with Gasteiger partial charge >= 0.3 is 0 Å². The first-order valence-corrected chi connectivity index (χ1v) is 7.51. The monoisotopic (exact) mass is 333 g/mol. The molecule has 2 aromatic carbocycles. The molecule has 1 N–H and O–H groups in total. The molecule has 0 fully saturated rings. The van der Waals surface area contributed by atoms with E-state index in [1.807, 2.05) is 12.1 Å². The highest BCUT2D eigenvalue weighted by Crippen LogP contribution is 2.28. The molecule has 0 heterocycles. The third kappa shape index (κ3) is 3.62. The molecule has 0 aromatic heterocycles. The second-order valence-electron chi connectivity index (χ2n) is 5.23. The molecular weight excluding hydrogens is 314 g/mol. The summed E-state index contributed by atoms with van der Waals surface area (Å²) in [4.78, 5) is 2.20. The summed E-state index contributed by atoms with van der Waals surface area (Å²) in [5, 5.41) is 9.66. The highest BCUT2D eigenvalue weighted by Gasteiger charge is 2.09. The number of aryl methyl sites for hydroxylation is 1. The topological polar surface area (TPSA) is 23.5 Å². The largest absolute Gasteiger partial charge is 0.389 e. The summed E-state index contributed by atoms with van der Waals surface area (Å²) in [6.07, 6.45) is -0.458. The Kier molecular flexibility index (Phi) is 4.84. The first kappa shape index (κ1) is 15.1. The van der Waals surface area contributed by atoms with Gasteiger partial charge in [0.2, 0.25) is 0 Å². The molecule has 0 aliphatic carbocycles. The fourth-order valence-corrected chi connectivity index (χ4v) is 2.97. The van der Waals surface area contributed by atoms with Crippen LogP contribution in [0.5, 0.6) is 0 Å². The summed E-state index contributed by atoms with van der Waals surface area (Å²) in [5.41, 5.74) is 4.62. The van der Waals surface area contributed by atoms with Crippen molar-refractivity contribution in [2.75, 3.05) is 11.9 Å². The third-order valence-electron chi connectivity index (χ3n) is 3.38. The van der Waals surface area contributed by atoms with E-state index in [2.05, 4.69) is 65.1 Å². The zero-order valence-electron chi connectivity index (χ0n) is 12.1. The smallest absolute Gasteiger partial charge is 0.0772 e. The Hall–Kier alpha value is -1.32. The molecule has 3 heteroatoms. The number of rotatable bonds is 4. The van der Waals surface area contributed by atoms with E-state index in [-0.39, 0.29) is 0 Å². The highest BCUT2D eigenvalue weighted by atomic mass is 79.9. The summed E-state index contributed by atoms with van der Waals surface area (Å²) < 4.78 is 0.945. The van der Waals surface area contributed by atoms with Crippen LogP contribution < -0.4 is 4.90 Å². The number of aliphatic hydroxyl groups is 1. The molecule has 0 bridgehead atoms. The van der Waals surface area contributed by atoms with Crippen LogP contribution in [0.3, 0.4) is 0 Å². The van der Waals surface area contributed by atoms with Crippen LogP contribution in [0, 0.1) is 6.92 Å². The summed E-state index contributed by atoms with van der Waals surface area (Å²) in [7, 11) is 2.08. The van der Waals surface area contributed by atoms with E-state index in [4.69, 9.17) is 0 Å². The number of anilines is 1. The van der Waals surface area contributed by atoms with E-state index in [9.17, 15) is 5.11 Å². The minimum absolute atomic E-state index is 0.458. The molecule has 0 radical (unpaired) electrons. The van der Waals surface area contributed by atoms with Crippen LogP contribution in [0.2, 0.25) is 0 Å². The predicted molar refractivity (Wildman–Crippen MR) is 88.1 cm³/mol. The van der Waals surface area contributed by atoms with Gasteiger partial charge in [-0.05, 0) is 37.1 Å². The van der Waals surface area contributed by atoms with Crippen molar-refractivity contribution >= 4 is 21.6 Å². The lowest BCUT2D eigenvalue weighted by atomic mass is 10.1. The quantitative estimate of drug-likeness (QED) is 0.893. The maximum Gasteiger partial charge on any atom is 0.0772 e. The van der Waals surface area contributed by atoms with Gasteiger partial charge in [-0.1, -0.05) is 51.8 Å². The van der Waals surface area contributed by atoms with Crippen molar-refractivity contribution in [2.24, 2.45) is 0 Å². The molecule has 0 aliphatic rings. The molecule has 2 nitrogen and oxygen atoms in total. The molecule has 20 heavy (non-hydrogen) atoms. The molecule has 2 aromatic rings. The number of nitrogens with zero attached hydrogens (tertiary/aromatic N) is 1. The Morgan fingerprint density at radius 2 is 1.95 bits per heavy atom. The van der Waals surface area contributed by atoms with Crippen LogP contribution in [0.25, 0.3) is 0 Å². The lowest BCUT2D eigenvalue weighted by Gasteiger charge is -2.21. The average molecular weight is 334 g/mol. The van der Waals surface area contributed by atoms with Crippen molar-refractivity contribution in [1.82, 2.24) is 0 Å². The van der Waals surface area contributed by atoms with Crippen molar-refractivity contribution < 1.29 is 5.11 Å². The zero-order chi connectivity index (χ0) is 14.7. The minimum atomic E-state index is -0.458. The maximum atomic E-state index is 9.66. The summed E-state index contributed by atoms with van der Waals surface area (Å²) in [6.45, 7) is 4.75. The van der Waals surface area contributed by atoms with Gasteiger partial charge in [-0.15, -0.1) is 0 Å². The van der Waals surface area contributed by atoms with Crippen LogP contribution in [0.4, 0.5) is 5.69 Å². The number of hydrogen-bond donors (Lipinski definition) is 1. The maximum absolute atomic E-state index is 9.66. The molecule has 0 spiro atoms. The van der Waals surface area contributed by atoms with Gasteiger partial charge < -0.3 is 10.0 Å². The van der Waals surface area contributed by atoms with Gasteiger partial charge in [0.15, 0.2) is 0 Å². The molecule has 0 saturated carbocycles. The van der Waals surface area contributed by atoms with Gasteiger partial charge in [0.1, 0.15) is 0 Å². The predicted octanol–water partition coefficient (Wildman–Crippen LogP) is 4.45. The summed E-state index contributed by atoms with van der Waals surface area (Å²) in [5.74, 6) is 0. The van der Waals surface area contributed by atoms with E-state index in [1.165, 1.54) is 11.1 Å². The Morgan fingerprint density at radius 1 is 1.20 bits per heavy atom. The molecular formula is C17H20BrNO. The van der Waals surface area contributed by atoms with Crippen LogP contribution in [-0.2, 0) is 6.54 Å². The van der Waals surface area contributed by atoms with Crippen molar-refractivity contribution in [3.8, 4) is 0 Å². The molecule has 106 valence electrons. The van der Waals surface area contributed by atoms with E-state index >= 15 is 0 Å². The Labute approximate surface area is 129 Å². The van der Waals surface area contributed by atoms with Crippen molar-refractivity contribution in [2.45, 2.75) is 26.5 Å². The van der Waals surface area contributed by atoms with Crippen LogP contribution >= 0.6 is 15.9 Å². The summed E-state index contributed by atoms with van der Waals surface area (Å²) in [6, 6.07) is 14.6. The van der Waals surface area contributed by atoms with Gasteiger partial charge in [0, 0.05) is 23.8 Å². The van der Waals surface area contributed by atoms with Crippen LogP contribution in [0.15, 0.2) is 46.9 Å². The van der Waals surface area contributed by atoms with E-state index in [1.54, 1.807) is 6.92 Å². The van der Waals surface area contributed by atoms with Gasteiger partial charge in [-0.25, -0.2) is 0 Å². The van der Waals surface area contributed by atoms with Crippen LogP contribution in [-0.4, -0.2) is 12.2 Å². The lowest BCUT2D eigenvalue weighted by molar-refractivity contribution is 0.198. The van der Waals surface area contributed by atoms with Crippen molar-refractivity contribution in [1.29, 1.82) is 0 Å².